The highest BCUT2D eigenvalue weighted by Gasteiger charge is 2.34. The molecule has 0 aromatic rings. The van der Waals surface area contributed by atoms with Gasteiger partial charge in [0.05, 0.1) is 11.7 Å². The fourth-order valence-electron chi connectivity index (χ4n) is 1.42. The van der Waals surface area contributed by atoms with Crippen LogP contribution in [-0.2, 0) is 9.59 Å². The van der Waals surface area contributed by atoms with Crippen LogP contribution >= 0.6 is 11.8 Å². The summed E-state index contributed by atoms with van der Waals surface area (Å²) >= 11 is 1.46. The van der Waals surface area contributed by atoms with E-state index in [1.165, 1.54) is 22.9 Å². The van der Waals surface area contributed by atoms with Gasteiger partial charge in [-0.05, 0) is 18.9 Å². The first-order valence-electron chi connectivity index (χ1n) is 4.15. The summed E-state index contributed by atoms with van der Waals surface area (Å²) in [5, 5.41) is 0. The Labute approximate surface area is 82.2 Å². The van der Waals surface area contributed by atoms with Crippen LogP contribution in [0.15, 0.2) is 12.8 Å². The van der Waals surface area contributed by atoms with Crippen LogP contribution in [-0.4, -0.2) is 35.1 Å². The number of Topliss-reactive ketones (excluding diaryl/α,β-unsaturated/α-hetero) is 1. The van der Waals surface area contributed by atoms with E-state index in [1.54, 1.807) is 0 Å². The maximum atomic E-state index is 11.5. The fraction of sp³-hybridized carbons (Fsp3) is 0.556. The van der Waals surface area contributed by atoms with Crippen molar-refractivity contribution in [3.63, 3.8) is 0 Å². The Morgan fingerprint density at radius 2 is 2.54 bits per heavy atom. The van der Waals surface area contributed by atoms with Gasteiger partial charge in [0.25, 0.3) is 0 Å². The van der Waals surface area contributed by atoms with Crippen molar-refractivity contribution < 1.29 is 9.59 Å². The number of nitrogens with zero attached hydrogens (tertiary/aromatic N) is 1. The third-order valence-electron chi connectivity index (χ3n) is 2.14. The molecule has 3 nitrogen and oxygen atoms in total. The zero-order chi connectivity index (χ0) is 9.84. The number of hydrogen-bond donors (Lipinski definition) is 0. The Morgan fingerprint density at radius 1 is 1.85 bits per heavy atom. The van der Waals surface area contributed by atoms with Gasteiger partial charge >= 0.3 is 0 Å². The largest absolute Gasteiger partial charge is 0.319 e. The molecular weight excluding hydrogens is 186 g/mol. The van der Waals surface area contributed by atoms with Crippen LogP contribution in [0.25, 0.3) is 0 Å². The van der Waals surface area contributed by atoms with E-state index in [4.69, 9.17) is 0 Å². The van der Waals surface area contributed by atoms with E-state index < -0.39 is 5.92 Å². The molecule has 1 atom stereocenters. The quantitative estimate of drug-likeness (QED) is 0.632. The molecule has 1 amide bonds. The van der Waals surface area contributed by atoms with E-state index in [-0.39, 0.29) is 11.7 Å². The highest BCUT2D eigenvalue weighted by atomic mass is 32.2. The van der Waals surface area contributed by atoms with Crippen molar-refractivity contribution >= 4 is 23.5 Å². The molecule has 4 heteroatoms. The number of ketones is 1. The summed E-state index contributed by atoms with van der Waals surface area (Å²) in [6, 6.07) is 0. The molecule has 1 rings (SSSR count). The van der Waals surface area contributed by atoms with Gasteiger partial charge in [0.15, 0.2) is 5.78 Å². The zero-order valence-electron chi connectivity index (χ0n) is 7.66. The summed E-state index contributed by atoms with van der Waals surface area (Å²) in [7, 11) is 0. The number of carbonyl (C=O) groups is 2. The molecule has 13 heavy (non-hydrogen) atoms. The number of likely N-dealkylation sites (tertiary alicyclic amines) is 1. The van der Waals surface area contributed by atoms with Crippen LogP contribution < -0.4 is 0 Å². The van der Waals surface area contributed by atoms with Gasteiger partial charge in [0.1, 0.15) is 0 Å². The Hall–Kier alpha value is -0.770. The average Bonchev–Trinajstić information content (AvgIpc) is 2.47. The second-order valence-electron chi connectivity index (χ2n) is 2.95. The van der Waals surface area contributed by atoms with Gasteiger partial charge < -0.3 is 4.90 Å². The van der Waals surface area contributed by atoms with Crippen LogP contribution in [0.5, 0.6) is 0 Å². The molecular formula is C9H13NO2S. The molecule has 1 saturated heterocycles. The van der Waals surface area contributed by atoms with E-state index in [9.17, 15) is 9.59 Å². The Bertz CT molecular complexity index is 240. The highest BCUT2D eigenvalue weighted by Crippen LogP contribution is 2.20. The molecule has 1 aliphatic rings. The van der Waals surface area contributed by atoms with Crippen LogP contribution in [0.2, 0.25) is 0 Å². The summed E-state index contributed by atoms with van der Waals surface area (Å²) in [6.45, 7) is 4.15. The number of carbonyl (C=O) groups excluding carboxylic acids is 2. The minimum absolute atomic E-state index is 0.0434. The first-order valence-corrected chi connectivity index (χ1v) is 5.54. The van der Waals surface area contributed by atoms with Crippen LogP contribution in [0.1, 0.15) is 6.42 Å². The standard InChI is InChI=1S/C9H13NO2S/c1-3-10-5-4-7(9(10)12)8(11)6-13-2/h3,7H,1,4-6H2,2H3/t7-/m1/s1. The molecule has 1 heterocycles. The van der Waals surface area contributed by atoms with Crippen molar-refractivity contribution in [2.75, 3.05) is 18.6 Å². The highest BCUT2D eigenvalue weighted by molar-refractivity contribution is 7.99. The SMILES string of the molecule is C=CN1CC[C@H](C(=O)CSC)C1=O. The number of thioether (sulfide) groups is 1. The molecule has 0 bridgehead atoms. The summed E-state index contributed by atoms with van der Waals surface area (Å²) < 4.78 is 0. The lowest BCUT2D eigenvalue weighted by Gasteiger charge is -2.09. The molecule has 0 spiro atoms. The normalized spacial score (nSPS) is 22.1. The number of rotatable bonds is 4. The van der Waals surface area contributed by atoms with Crippen molar-refractivity contribution in [3.8, 4) is 0 Å². The average molecular weight is 199 g/mol. The van der Waals surface area contributed by atoms with Gasteiger partial charge in [-0.2, -0.15) is 11.8 Å². The molecule has 0 unspecified atom stereocenters. The molecule has 1 fully saturated rings. The summed E-state index contributed by atoms with van der Waals surface area (Å²) in [5.41, 5.74) is 0. The maximum Gasteiger partial charge on any atom is 0.237 e. The van der Waals surface area contributed by atoms with Gasteiger partial charge in [-0.3, -0.25) is 9.59 Å². The van der Waals surface area contributed by atoms with Crippen molar-refractivity contribution in [3.05, 3.63) is 12.8 Å². The third kappa shape index (κ3) is 2.12. The van der Waals surface area contributed by atoms with Crippen LogP contribution in [0.3, 0.4) is 0 Å². The minimum atomic E-state index is -0.412. The molecule has 0 radical (unpaired) electrons. The predicted molar refractivity (Wildman–Crippen MR) is 53.4 cm³/mol. The van der Waals surface area contributed by atoms with E-state index >= 15 is 0 Å². The van der Waals surface area contributed by atoms with Crippen molar-refractivity contribution in [2.45, 2.75) is 6.42 Å². The molecule has 72 valence electrons. The first kappa shape index (κ1) is 10.3. The lowest BCUT2D eigenvalue weighted by Crippen LogP contribution is -2.27. The summed E-state index contributed by atoms with van der Waals surface area (Å²) in [4.78, 5) is 24.4. The molecule has 0 aromatic carbocycles. The van der Waals surface area contributed by atoms with Gasteiger partial charge in [-0.25, -0.2) is 0 Å². The monoisotopic (exact) mass is 199 g/mol. The second kappa shape index (κ2) is 4.46. The van der Waals surface area contributed by atoms with Gasteiger partial charge in [0, 0.05) is 6.54 Å². The van der Waals surface area contributed by atoms with Gasteiger partial charge in [0.2, 0.25) is 5.91 Å². The molecule has 0 aromatic heterocycles. The second-order valence-corrected chi connectivity index (χ2v) is 3.82. The van der Waals surface area contributed by atoms with E-state index in [1.807, 2.05) is 6.26 Å². The number of amides is 1. The van der Waals surface area contributed by atoms with E-state index in [2.05, 4.69) is 6.58 Å². The molecule has 0 aliphatic carbocycles. The van der Waals surface area contributed by atoms with E-state index in [0.29, 0.717) is 18.7 Å². The molecule has 1 aliphatic heterocycles. The zero-order valence-corrected chi connectivity index (χ0v) is 8.47. The smallest absolute Gasteiger partial charge is 0.237 e. The first-order chi connectivity index (χ1) is 6.20. The van der Waals surface area contributed by atoms with Gasteiger partial charge in [-0.15, -0.1) is 0 Å². The lowest BCUT2D eigenvalue weighted by atomic mass is 10.0. The predicted octanol–water partition coefficient (Wildman–Crippen LogP) is 0.911. The van der Waals surface area contributed by atoms with Crippen molar-refractivity contribution in [1.29, 1.82) is 0 Å². The van der Waals surface area contributed by atoms with Crippen LogP contribution in [0, 0.1) is 5.92 Å². The minimum Gasteiger partial charge on any atom is -0.319 e. The summed E-state index contributed by atoms with van der Waals surface area (Å²) in [6.07, 6.45) is 4.00. The van der Waals surface area contributed by atoms with Crippen molar-refractivity contribution in [2.24, 2.45) is 5.92 Å². The molecule has 0 N–H and O–H groups in total. The van der Waals surface area contributed by atoms with E-state index in [0.717, 1.165) is 0 Å². The van der Waals surface area contributed by atoms with Gasteiger partial charge in [-0.1, -0.05) is 6.58 Å². The third-order valence-corrected chi connectivity index (χ3v) is 2.71. The Balaban J connectivity index is 2.59. The topological polar surface area (TPSA) is 37.4 Å². The number of hydrogen-bond acceptors (Lipinski definition) is 3. The summed E-state index contributed by atoms with van der Waals surface area (Å²) in [5.74, 6) is -0.0251. The molecule has 0 saturated carbocycles. The van der Waals surface area contributed by atoms with Crippen LogP contribution in [0.4, 0.5) is 0 Å². The Kier molecular flexibility index (Phi) is 3.54. The van der Waals surface area contributed by atoms with Crippen molar-refractivity contribution in [1.82, 2.24) is 4.90 Å². The lowest BCUT2D eigenvalue weighted by molar-refractivity contribution is -0.134. The maximum absolute atomic E-state index is 11.5. The Morgan fingerprint density at radius 3 is 3.00 bits per heavy atom. The fourth-order valence-corrected chi connectivity index (χ4v) is 1.91.